The molecule has 0 saturated heterocycles. The Morgan fingerprint density at radius 1 is 0.697 bits per heavy atom. The number of aromatic nitrogens is 6. The molecule has 4 aromatic heterocycles. The van der Waals surface area contributed by atoms with Crippen LogP contribution in [0.2, 0.25) is 0 Å². The Hall–Kier alpha value is -8.34. The Morgan fingerprint density at radius 2 is 1.08 bits per heavy atom. The van der Waals surface area contributed by atoms with Gasteiger partial charge in [-0.15, -0.1) is 0 Å². The van der Waals surface area contributed by atoms with E-state index in [1.54, 1.807) is 62.4 Å². The van der Waals surface area contributed by atoms with Gasteiger partial charge in [0.2, 0.25) is 0 Å². The molecule has 2 aliphatic rings. The van der Waals surface area contributed by atoms with Gasteiger partial charge in [0.1, 0.15) is 59.0 Å². The van der Waals surface area contributed by atoms with E-state index in [1.807, 2.05) is 0 Å². The van der Waals surface area contributed by atoms with E-state index in [4.69, 9.17) is 30.0 Å². The fraction of sp³-hybridized carbons (Fsp3) is 0.273. The van der Waals surface area contributed by atoms with Crippen LogP contribution < -0.4 is 31.6 Å². The monoisotopic (exact) mass is 906 g/mol. The molecule has 2 aromatic carbocycles. The molecular formula is C44H40F2N10O10. The number of rotatable bonds is 6. The van der Waals surface area contributed by atoms with Gasteiger partial charge in [0.05, 0.1) is 22.5 Å². The number of halogens is 2. The van der Waals surface area contributed by atoms with E-state index >= 15 is 8.78 Å². The maximum absolute atomic E-state index is 15.0. The molecular weight excluding hydrogens is 867 g/mol. The SMILES string of the molecule is CNC(=O)c1c(C(N)=O)nn2c1[C@@H](F)COc1ccc(C#C[C@@](C)(O)c3cc(C)on3)cc1-2.CNC(=O)c1c(C(N)=O)nn2c1[C@H](F)COc1ccc(C#C[C@@](C)(O)c3cc(C)on3)cc1-2. The third-order valence-corrected chi connectivity index (χ3v) is 10.1. The number of nitrogens with one attached hydrogen (secondary N) is 2. The largest absolute Gasteiger partial charge is 0.488 e. The van der Waals surface area contributed by atoms with Gasteiger partial charge >= 0.3 is 0 Å². The maximum atomic E-state index is 15.0. The molecule has 20 nitrogen and oxygen atoms in total. The summed E-state index contributed by atoms with van der Waals surface area (Å²) in [5, 5.41) is 41.8. The summed E-state index contributed by atoms with van der Waals surface area (Å²) >= 11 is 0. The Kier molecular flexibility index (Phi) is 12.2. The second-order valence-electron chi connectivity index (χ2n) is 15.1. The van der Waals surface area contributed by atoms with Crippen LogP contribution in [0.3, 0.4) is 0 Å². The number of aryl methyl sites for hydroxylation is 2. The minimum Gasteiger partial charge on any atom is -0.488 e. The first-order valence-electron chi connectivity index (χ1n) is 19.7. The Morgan fingerprint density at radius 3 is 1.39 bits per heavy atom. The number of alkyl halides is 2. The van der Waals surface area contributed by atoms with Crippen LogP contribution >= 0.6 is 0 Å². The molecule has 2 aliphatic heterocycles. The first kappa shape index (κ1) is 45.7. The van der Waals surface area contributed by atoms with E-state index < -0.39 is 60.4 Å². The number of carbonyl (C=O) groups is 4. The molecule has 6 heterocycles. The second-order valence-corrected chi connectivity index (χ2v) is 15.1. The van der Waals surface area contributed by atoms with E-state index in [0.29, 0.717) is 22.6 Å². The average molecular weight is 907 g/mol. The molecule has 340 valence electrons. The fourth-order valence-corrected chi connectivity index (χ4v) is 6.81. The third kappa shape index (κ3) is 8.78. The number of benzene rings is 2. The van der Waals surface area contributed by atoms with Crippen LogP contribution in [-0.2, 0) is 11.2 Å². The number of nitrogens with zero attached hydrogens (tertiary/aromatic N) is 6. The standard InChI is InChI=1S/2C22H20FN5O5/c2*1-11-8-16(27-33-11)22(2,31)7-6-12-4-5-15-14(9-12)28-19(13(23)10-32-15)17(21(30)25-3)18(26-28)20(24)29/h2*4-5,8-9,13,31H,10H2,1-3H3,(H2,24,29)(H,25,30)/t13-,22+;13-,22-/m01/s1. The molecule has 0 fully saturated rings. The number of aliphatic hydroxyl groups is 2. The summed E-state index contributed by atoms with van der Waals surface area (Å²) in [5.74, 6) is 9.36. The van der Waals surface area contributed by atoms with Crippen molar-refractivity contribution in [3.8, 4) is 46.6 Å². The number of ether oxygens (including phenoxy) is 2. The zero-order valence-electron chi connectivity index (χ0n) is 35.9. The van der Waals surface area contributed by atoms with E-state index in [2.05, 4.69) is 54.8 Å². The number of fused-ring (bicyclic) bond motifs is 6. The molecule has 22 heteroatoms. The zero-order chi connectivity index (χ0) is 47.8. The second kappa shape index (κ2) is 17.7. The highest BCUT2D eigenvalue weighted by Gasteiger charge is 2.37. The zero-order valence-corrected chi connectivity index (χ0v) is 35.9. The molecule has 66 heavy (non-hydrogen) atoms. The van der Waals surface area contributed by atoms with E-state index in [-0.39, 0.29) is 68.2 Å². The Balaban J connectivity index is 0.000000196. The molecule has 8 rings (SSSR count). The highest BCUT2D eigenvalue weighted by molar-refractivity contribution is 6.07. The topological polar surface area (TPSA) is 291 Å². The van der Waals surface area contributed by atoms with Crippen molar-refractivity contribution < 1.29 is 56.7 Å². The van der Waals surface area contributed by atoms with Crippen LogP contribution in [0.25, 0.3) is 11.4 Å². The molecule has 4 amide bonds. The summed E-state index contributed by atoms with van der Waals surface area (Å²) in [5.41, 5.74) is 7.94. The van der Waals surface area contributed by atoms with Gasteiger partial charge in [-0.3, -0.25) is 19.2 Å². The van der Waals surface area contributed by atoms with Crippen LogP contribution in [0.15, 0.2) is 57.6 Å². The smallest absolute Gasteiger partial charge is 0.270 e. The molecule has 0 radical (unpaired) electrons. The lowest BCUT2D eigenvalue weighted by Gasteiger charge is -2.12. The van der Waals surface area contributed by atoms with Gasteiger partial charge in [0.25, 0.3) is 23.6 Å². The van der Waals surface area contributed by atoms with Gasteiger partial charge in [-0.1, -0.05) is 34.0 Å². The predicted molar refractivity (Wildman–Crippen MR) is 225 cm³/mol. The molecule has 0 unspecified atom stereocenters. The van der Waals surface area contributed by atoms with Crippen molar-refractivity contribution in [2.75, 3.05) is 27.3 Å². The highest BCUT2D eigenvalue weighted by atomic mass is 19.1. The molecule has 8 N–H and O–H groups in total. The van der Waals surface area contributed by atoms with E-state index in [1.165, 1.54) is 27.9 Å². The maximum Gasteiger partial charge on any atom is 0.270 e. The fourth-order valence-electron chi connectivity index (χ4n) is 6.81. The van der Waals surface area contributed by atoms with Crippen molar-refractivity contribution in [1.82, 2.24) is 40.5 Å². The molecule has 4 atom stereocenters. The number of amides is 4. The van der Waals surface area contributed by atoms with Crippen molar-refractivity contribution in [2.24, 2.45) is 11.5 Å². The number of hydrogen-bond donors (Lipinski definition) is 6. The Bertz CT molecular complexity index is 2870. The normalized spacial score (nSPS) is 16.2. The van der Waals surface area contributed by atoms with E-state index in [0.717, 1.165) is 9.36 Å². The van der Waals surface area contributed by atoms with Crippen molar-refractivity contribution in [1.29, 1.82) is 0 Å². The molecule has 0 bridgehead atoms. The Labute approximate surface area is 373 Å². The summed E-state index contributed by atoms with van der Waals surface area (Å²) in [7, 11) is 2.70. The number of carbonyl (C=O) groups excluding carboxylic acids is 4. The van der Waals surface area contributed by atoms with Crippen LogP contribution in [0.5, 0.6) is 11.5 Å². The lowest BCUT2D eigenvalue weighted by Crippen LogP contribution is -2.24. The summed E-state index contributed by atoms with van der Waals surface area (Å²) in [4.78, 5) is 48.7. The first-order chi connectivity index (χ1) is 31.2. The molecule has 0 saturated carbocycles. The third-order valence-electron chi connectivity index (χ3n) is 10.1. The minimum atomic E-state index is -1.75. The predicted octanol–water partition coefficient (Wildman–Crippen LogP) is 2.58. The van der Waals surface area contributed by atoms with Crippen molar-refractivity contribution >= 4 is 23.6 Å². The summed E-state index contributed by atoms with van der Waals surface area (Å²) in [6, 6.07) is 12.6. The molecule has 0 aliphatic carbocycles. The van der Waals surface area contributed by atoms with Crippen molar-refractivity contribution in [3.63, 3.8) is 0 Å². The van der Waals surface area contributed by atoms with Gasteiger partial charge in [-0.25, -0.2) is 18.1 Å². The number of nitrogens with two attached hydrogens (primary N) is 2. The lowest BCUT2D eigenvalue weighted by atomic mass is 10.0. The quantitative estimate of drug-likeness (QED) is 0.131. The van der Waals surface area contributed by atoms with Gasteiger partial charge in [0.15, 0.2) is 34.9 Å². The van der Waals surface area contributed by atoms with Crippen LogP contribution in [0, 0.1) is 37.5 Å². The van der Waals surface area contributed by atoms with Gasteiger partial charge in [0, 0.05) is 37.4 Å². The van der Waals surface area contributed by atoms with Crippen molar-refractivity contribution in [2.45, 2.75) is 51.2 Å². The van der Waals surface area contributed by atoms with E-state index in [9.17, 15) is 29.4 Å². The summed E-state index contributed by atoms with van der Waals surface area (Å²) in [6.45, 7) is 5.54. The van der Waals surface area contributed by atoms with Gasteiger partial charge < -0.3 is 50.8 Å². The highest BCUT2D eigenvalue weighted by Crippen LogP contribution is 2.38. The van der Waals surface area contributed by atoms with Crippen LogP contribution in [-0.4, -0.2) is 91.0 Å². The summed E-state index contributed by atoms with van der Waals surface area (Å²) in [6.07, 6.45) is -3.51. The van der Waals surface area contributed by atoms with Crippen LogP contribution in [0.4, 0.5) is 8.78 Å². The van der Waals surface area contributed by atoms with Gasteiger partial charge in [-0.2, -0.15) is 10.2 Å². The number of hydrogen-bond acceptors (Lipinski definition) is 14. The molecule has 0 spiro atoms. The lowest BCUT2D eigenvalue weighted by molar-refractivity contribution is 0.0937. The average Bonchev–Trinajstić information content (AvgIpc) is 4.09. The molecule has 6 aromatic rings. The minimum absolute atomic E-state index is 0.155. The van der Waals surface area contributed by atoms with Crippen LogP contribution in [0.1, 0.15) is 113 Å². The first-order valence-corrected chi connectivity index (χ1v) is 19.7. The summed E-state index contributed by atoms with van der Waals surface area (Å²) < 4.78 is 53.4. The van der Waals surface area contributed by atoms with Gasteiger partial charge in [-0.05, 0) is 64.1 Å². The van der Waals surface area contributed by atoms with Crippen molar-refractivity contribution in [3.05, 3.63) is 116 Å². The number of primary amides is 2.